The highest BCUT2D eigenvalue weighted by Crippen LogP contribution is 2.38. The molecule has 9 nitrogen and oxygen atoms in total. The molecule has 0 radical (unpaired) electrons. The molecule has 5 rings (SSSR count). The zero-order chi connectivity index (χ0) is 24.1. The molecule has 1 atom stereocenters. The number of ether oxygens (including phenoxy) is 2. The maximum absolute atomic E-state index is 11.6. The highest BCUT2D eigenvalue weighted by Gasteiger charge is 2.31. The van der Waals surface area contributed by atoms with E-state index >= 15 is 0 Å². The number of anilines is 2. The third-order valence-electron chi connectivity index (χ3n) is 5.84. The Morgan fingerprint density at radius 1 is 1.18 bits per heavy atom. The maximum Gasteiger partial charge on any atom is 0.269 e. The van der Waals surface area contributed by atoms with Gasteiger partial charge in [0.2, 0.25) is 0 Å². The van der Waals surface area contributed by atoms with Crippen LogP contribution in [0.25, 0.3) is 0 Å². The minimum Gasteiger partial charge on any atom is -0.466 e. The van der Waals surface area contributed by atoms with Gasteiger partial charge in [-0.25, -0.2) is 0 Å². The molecule has 1 saturated carbocycles. The summed E-state index contributed by atoms with van der Waals surface area (Å²) in [6.07, 6.45) is 3.77. The van der Waals surface area contributed by atoms with Crippen LogP contribution in [0.4, 0.5) is 17.2 Å². The number of nitrogens with zero attached hydrogens (tertiary/aromatic N) is 2. The Morgan fingerprint density at radius 2 is 1.91 bits per heavy atom. The lowest BCUT2D eigenvalue weighted by Crippen LogP contribution is -2.28. The first-order valence-electron chi connectivity index (χ1n) is 10.8. The standard InChI is InChI=1S/C16H19N3O2S.C8H7NO3/c1-21-14-5-11(6-14)15-7-16(19-18-15)17-13-3-2-10-8-22(20)9-12(10)4-13;1-2-12-8-5-3-7(4-6-8)9(10)11/h2-4,7,11,14H,5-6,8-9H2,1H3,(H2,17,18,19);2-6H,1H2. The van der Waals surface area contributed by atoms with Gasteiger partial charge < -0.3 is 14.8 Å². The van der Waals surface area contributed by atoms with Crippen LogP contribution in [0.15, 0.2) is 61.4 Å². The van der Waals surface area contributed by atoms with Gasteiger partial charge >= 0.3 is 0 Å². The first-order valence-corrected chi connectivity index (χ1v) is 12.3. The van der Waals surface area contributed by atoms with E-state index in [2.05, 4.69) is 40.3 Å². The molecular weight excluding hydrogens is 456 g/mol. The van der Waals surface area contributed by atoms with Crippen molar-refractivity contribution in [2.75, 3.05) is 12.4 Å². The van der Waals surface area contributed by atoms with Gasteiger partial charge in [0.1, 0.15) is 5.75 Å². The van der Waals surface area contributed by atoms with Crippen LogP contribution < -0.4 is 10.1 Å². The summed E-state index contributed by atoms with van der Waals surface area (Å²) in [6.45, 7) is 3.36. The highest BCUT2D eigenvalue weighted by molar-refractivity contribution is 7.83. The molecule has 0 saturated heterocycles. The lowest BCUT2D eigenvalue weighted by Gasteiger charge is -2.33. The number of nitro benzene ring substituents is 1. The largest absolute Gasteiger partial charge is 0.466 e. The van der Waals surface area contributed by atoms with Crippen LogP contribution >= 0.6 is 0 Å². The molecule has 2 aliphatic rings. The fourth-order valence-electron chi connectivity index (χ4n) is 3.89. The fraction of sp³-hybridized carbons (Fsp3) is 0.292. The molecule has 0 bridgehead atoms. The summed E-state index contributed by atoms with van der Waals surface area (Å²) in [4.78, 5) is 9.75. The van der Waals surface area contributed by atoms with Crippen molar-refractivity contribution < 1.29 is 18.6 Å². The van der Waals surface area contributed by atoms with Crippen molar-refractivity contribution in [2.45, 2.75) is 36.4 Å². The third kappa shape index (κ3) is 5.70. The normalized spacial score (nSPS) is 20.3. The number of nitrogens with one attached hydrogen (secondary N) is 2. The first-order chi connectivity index (χ1) is 16.4. The van der Waals surface area contributed by atoms with Gasteiger partial charge in [-0.05, 0) is 48.2 Å². The van der Waals surface area contributed by atoms with E-state index in [1.54, 1.807) is 7.11 Å². The molecule has 0 spiro atoms. The number of methoxy groups -OCH3 is 1. The molecule has 34 heavy (non-hydrogen) atoms. The van der Waals surface area contributed by atoms with Crippen LogP contribution in [0.5, 0.6) is 5.75 Å². The Morgan fingerprint density at radius 3 is 2.59 bits per heavy atom. The SMILES string of the molecule is C=COc1ccc([N+](=O)[O-])cc1.COC1CC(c2cc(Nc3ccc4c(c3)CS(=O)C4)n[nH]2)C1. The number of non-ortho nitro benzene ring substituents is 1. The molecule has 1 fully saturated rings. The van der Waals surface area contributed by atoms with Gasteiger partial charge in [-0.2, -0.15) is 5.10 Å². The van der Waals surface area contributed by atoms with E-state index in [4.69, 9.17) is 9.47 Å². The van der Waals surface area contributed by atoms with Crippen LogP contribution in [0, 0.1) is 10.1 Å². The number of benzene rings is 2. The summed E-state index contributed by atoms with van der Waals surface area (Å²) >= 11 is 0. The summed E-state index contributed by atoms with van der Waals surface area (Å²) in [5, 5.41) is 21.0. The number of hydrogen-bond acceptors (Lipinski definition) is 7. The first kappa shape index (κ1) is 23.7. The highest BCUT2D eigenvalue weighted by atomic mass is 32.2. The predicted molar refractivity (Wildman–Crippen MR) is 131 cm³/mol. The second-order valence-electron chi connectivity index (χ2n) is 8.11. The summed E-state index contributed by atoms with van der Waals surface area (Å²) < 4.78 is 21.8. The van der Waals surface area contributed by atoms with Crippen molar-refractivity contribution in [3.8, 4) is 5.75 Å². The number of rotatable bonds is 7. The molecule has 3 aromatic rings. The zero-order valence-corrected chi connectivity index (χ0v) is 19.5. The van der Waals surface area contributed by atoms with Crippen LogP contribution in [0.3, 0.4) is 0 Å². The predicted octanol–water partition coefficient (Wildman–Crippen LogP) is 4.93. The maximum atomic E-state index is 11.6. The molecule has 10 heteroatoms. The van der Waals surface area contributed by atoms with E-state index in [0.29, 0.717) is 29.3 Å². The lowest BCUT2D eigenvalue weighted by molar-refractivity contribution is -0.384. The summed E-state index contributed by atoms with van der Waals surface area (Å²) in [5.74, 6) is 3.24. The summed E-state index contributed by atoms with van der Waals surface area (Å²) in [5.41, 5.74) is 4.59. The van der Waals surface area contributed by atoms with E-state index in [0.717, 1.165) is 30.0 Å². The Balaban J connectivity index is 0.000000195. The van der Waals surface area contributed by atoms with Crippen molar-refractivity contribution in [2.24, 2.45) is 0 Å². The summed E-state index contributed by atoms with van der Waals surface area (Å²) in [7, 11) is 1.03. The Hall–Kier alpha value is -3.50. The molecule has 1 unspecified atom stereocenters. The number of H-pyrrole nitrogens is 1. The number of aromatic amines is 1. The molecule has 0 amide bonds. The zero-order valence-electron chi connectivity index (χ0n) is 18.7. The number of nitro groups is 1. The molecular formula is C24H26N4O5S. The number of hydrogen-bond donors (Lipinski definition) is 2. The van der Waals surface area contributed by atoms with Crippen LogP contribution in [-0.4, -0.2) is 32.5 Å². The van der Waals surface area contributed by atoms with Gasteiger partial charge in [0.05, 0.1) is 17.3 Å². The molecule has 2 N–H and O–H groups in total. The van der Waals surface area contributed by atoms with Gasteiger partial charge in [-0.3, -0.25) is 19.4 Å². The van der Waals surface area contributed by atoms with E-state index in [1.807, 2.05) is 6.07 Å². The van der Waals surface area contributed by atoms with Crippen molar-refractivity contribution in [3.05, 3.63) is 88.3 Å². The minimum atomic E-state index is -0.736. The molecule has 2 heterocycles. The van der Waals surface area contributed by atoms with Crippen molar-refractivity contribution in [3.63, 3.8) is 0 Å². The average molecular weight is 483 g/mol. The van der Waals surface area contributed by atoms with E-state index < -0.39 is 15.7 Å². The minimum absolute atomic E-state index is 0.0476. The monoisotopic (exact) mass is 482 g/mol. The second kappa shape index (κ2) is 10.6. The van der Waals surface area contributed by atoms with E-state index in [9.17, 15) is 14.3 Å². The van der Waals surface area contributed by atoms with Crippen LogP contribution in [-0.2, 0) is 27.0 Å². The van der Waals surface area contributed by atoms with Crippen molar-refractivity contribution in [1.82, 2.24) is 10.2 Å². The topological polar surface area (TPSA) is 119 Å². The van der Waals surface area contributed by atoms with E-state index in [1.165, 1.54) is 41.7 Å². The molecule has 1 aliphatic carbocycles. The van der Waals surface area contributed by atoms with Crippen LogP contribution in [0.1, 0.15) is 35.6 Å². The van der Waals surface area contributed by atoms with Crippen molar-refractivity contribution >= 4 is 28.0 Å². The second-order valence-corrected chi connectivity index (χ2v) is 9.56. The van der Waals surface area contributed by atoms with Gasteiger partial charge in [0.15, 0.2) is 5.82 Å². The Labute approximate surface area is 199 Å². The average Bonchev–Trinajstić information content (AvgIpc) is 3.39. The number of aromatic nitrogens is 2. The van der Waals surface area contributed by atoms with E-state index in [-0.39, 0.29) is 5.69 Å². The lowest BCUT2D eigenvalue weighted by atomic mass is 9.80. The molecule has 1 aromatic heterocycles. The van der Waals surface area contributed by atoms with Gasteiger partial charge in [-0.15, -0.1) is 0 Å². The quantitative estimate of drug-likeness (QED) is 0.278. The van der Waals surface area contributed by atoms with Gasteiger partial charge in [0, 0.05) is 64.9 Å². The smallest absolute Gasteiger partial charge is 0.269 e. The summed E-state index contributed by atoms with van der Waals surface area (Å²) in [6, 6.07) is 14.0. The number of fused-ring (bicyclic) bond motifs is 1. The molecule has 2 aromatic carbocycles. The fourth-order valence-corrected chi connectivity index (χ4v) is 5.24. The van der Waals surface area contributed by atoms with Crippen molar-refractivity contribution in [1.29, 1.82) is 0 Å². The Kier molecular flexibility index (Phi) is 7.39. The Bertz CT molecular complexity index is 1190. The third-order valence-corrected chi connectivity index (χ3v) is 7.11. The molecule has 178 valence electrons. The van der Waals surface area contributed by atoms with Gasteiger partial charge in [-0.1, -0.05) is 12.6 Å². The van der Waals surface area contributed by atoms with Crippen LogP contribution in [0.2, 0.25) is 0 Å². The van der Waals surface area contributed by atoms with Gasteiger partial charge in [0.25, 0.3) is 5.69 Å². The molecule has 1 aliphatic heterocycles.